The summed E-state index contributed by atoms with van der Waals surface area (Å²) < 4.78 is 24.8. The molecule has 0 bridgehead atoms. The van der Waals surface area contributed by atoms with Gasteiger partial charge >= 0.3 is 0 Å². The topological polar surface area (TPSA) is 239 Å². The monoisotopic (exact) mass is 800 g/mol. The zero-order valence-corrected chi connectivity index (χ0v) is 34.6. The van der Waals surface area contributed by atoms with Crippen molar-refractivity contribution in [2.24, 2.45) is 45.3 Å². The maximum atomic E-state index is 12.5. The van der Waals surface area contributed by atoms with Crippen LogP contribution in [-0.4, -0.2) is 150 Å². The lowest BCUT2D eigenvalue weighted by atomic mass is 9.34. The van der Waals surface area contributed by atoms with Crippen LogP contribution in [0, 0.1) is 45.3 Å². The number of hydrogen-bond acceptors (Lipinski definition) is 14. The van der Waals surface area contributed by atoms with Gasteiger partial charge in [-0.15, -0.1) is 0 Å². The van der Waals surface area contributed by atoms with Gasteiger partial charge < -0.3 is 70.0 Å². The molecule has 14 heteroatoms. The van der Waals surface area contributed by atoms with Crippen LogP contribution < -0.4 is 0 Å². The largest absolute Gasteiger partial charge is 0.394 e. The van der Waals surface area contributed by atoms with Crippen molar-refractivity contribution in [3.63, 3.8) is 0 Å². The van der Waals surface area contributed by atoms with E-state index in [1.54, 1.807) is 0 Å². The van der Waals surface area contributed by atoms with E-state index in [0.717, 1.165) is 12.0 Å². The van der Waals surface area contributed by atoms with Crippen molar-refractivity contribution in [1.29, 1.82) is 0 Å². The molecule has 6 fully saturated rings. The lowest BCUT2D eigenvalue weighted by molar-refractivity contribution is -0.341. The van der Waals surface area contributed by atoms with Crippen molar-refractivity contribution in [2.45, 2.75) is 192 Å². The van der Waals surface area contributed by atoms with Crippen LogP contribution in [-0.2, 0) is 18.9 Å². The van der Waals surface area contributed by atoms with Crippen LogP contribution >= 0.6 is 0 Å². The maximum Gasteiger partial charge on any atom is 0.187 e. The van der Waals surface area contributed by atoms with Gasteiger partial charge in [0.15, 0.2) is 12.6 Å². The summed E-state index contributed by atoms with van der Waals surface area (Å²) in [5.74, 6) is -0.671. The van der Waals surface area contributed by atoms with E-state index < -0.39 is 120 Å². The fraction of sp³-hybridized carbons (Fsp3) is 0.952. The highest BCUT2D eigenvalue weighted by molar-refractivity contribution is 5.22. The minimum absolute atomic E-state index is 0.0224. The Kier molecular flexibility index (Phi) is 12.7. The van der Waals surface area contributed by atoms with Gasteiger partial charge in [0.2, 0.25) is 0 Å². The van der Waals surface area contributed by atoms with E-state index in [1.807, 2.05) is 20.8 Å². The van der Waals surface area contributed by atoms with E-state index in [0.29, 0.717) is 44.9 Å². The van der Waals surface area contributed by atoms with Crippen molar-refractivity contribution >= 4 is 0 Å². The van der Waals surface area contributed by atoms with Crippen LogP contribution in [0.15, 0.2) is 11.6 Å². The second-order valence-corrected chi connectivity index (χ2v) is 20.2. The number of aliphatic hydroxyl groups excluding tert-OH is 10. The van der Waals surface area contributed by atoms with Crippen LogP contribution in [0.2, 0.25) is 0 Å². The summed E-state index contributed by atoms with van der Waals surface area (Å²) in [5, 5.41) is 108. The van der Waals surface area contributed by atoms with Gasteiger partial charge in [-0.25, -0.2) is 0 Å². The van der Waals surface area contributed by atoms with Gasteiger partial charge in [-0.3, -0.25) is 0 Å². The first-order valence-electron chi connectivity index (χ1n) is 21.0. The smallest absolute Gasteiger partial charge is 0.187 e. The highest BCUT2D eigenvalue weighted by Crippen LogP contribution is 2.76. The zero-order chi connectivity index (χ0) is 41.5. The van der Waals surface area contributed by atoms with Gasteiger partial charge in [-0.05, 0) is 117 Å². The molecule has 6 rings (SSSR count). The molecule has 4 aliphatic carbocycles. The molecule has 0 radical (unpaired) electrons. The van der Waals surface area contributed by atoms with Crippen LogP contribution in [0.3, 0.4) is 0 Å². The molecule has 0 aromatic carbocycles. The molecular weight excluding hydrogens is 728 g/mol. The molecule has 2 saturated heterocycles. The fourth-order valence-corrected chi connectivity index (χ4v) is 13.6. The molecule has 10 N–H and O–H groups in total. The third-order valence-corrected chi connectivity index (χ3v) is 16.6. The molecule has 56 heavy (non-hydrogen) atoms. The quantitative estimate of drug-likeness (QED) is 0.110. The summed E-state index contributed by atoms with van der Waals surface area (Å²) in [4.78, 5) is 0. The predicted octanol–water partition coefficient (Wildman–Crippen LogP) is 1.12. The van der Waals surface area contributed by atoms with Crippen molar-refractivity contribution < 1.29 is 70.0 Å². The Labute approximate surface area is 331 Å². The minimum atomic E-state index is -1.58. The fourth-order valence-electron chi connectivity index (χ4n) is 13.6. The molecule has 21 atom stereocenters. The second-order valence-electron chi connectivity index (χ2n) is 20.2. The van der Waals surface area contributed by atoms with Gasteiger partial charge in [-0.1, -0.05) is 46.3 Å². The van der Waals surface area contributed by atoms with E-state index in [2.05, 4.69) is 40.7 Å². The summed E-state index contributed by atoms with van der Waals surface area (Å²) >= 11 is 0. The summed E-state index contributed by atoms with van der Waals surface area (Å²) in [5.41, 5.74) is -1.71. The molecule has 324 valence electrons. The number of ether oxygens (including phenoxy) is 4. The first-order valence-corrected chi connectivity index (χ1v) is 21.0. The molecule has 0 spiro atoms. The van der Waals surface area contributed by atoms with Crippen molar-refractivity contribution in [3.8, 4) is 0 Å². The highest BCUT2D eigenvalue weighted by Gasteiger charge is 2.73. The molecule has 2 heterocycles. The SMILES string of the molecule is CC(C)=CCC[C@](C)(OC1OC(CO)C(O)C(O)C1O)C1CC[C@]2(C)C1C(O)CC1[C@@]3(C)CCC(OC4OC(CO)C(O)C(O)C4O)C(C)(C)C3C(O)C[C@]12C. The number of hydrogen-bond donors (Lipinski definition) is 10. The van der Waals surface area contributed by atoms with Gasteiger partial charge in [0.1, 0.15) is 48.8 Å². The standard InChI is InChI=1S/C42H72O14/c1-20(2)10-9-13-42(8,56-37-34(52)32(50)30(48)25(19-44)54-37)21-11-15-40(6)28(21)22(45)16-26-39(5)14-12-27(38(3,4)35(39)23(46)17-41(26,40)7)55-36-33(51)31(49)29(47)24(18-43)53-36/h10,21-37,43-52H,9,11-19H2,1-8H3/t21?,22?,23?,24?,25?,26?,27?,28?,29?,30?,31?,32?,33?,34?,35?,36?,37?,39-,40-,41-,42+/m1/s1. The Hall–Kier alpha value is -0.820. The third-order valence-electron chi connectivity index (χ3n) is 16.6. The van der Waals surface area contributed by atoms with E-state index >= 15 is 0 Å². The number of allylic oxidation sites excluding steroid dienone is 2. The number of fused-ring (bicyclic) bond motifs is 5. The van der Waals surface area contributed by atoms with Gasteiger partial charge in [0, 0.05) is 0 Å². The molecule has 0 aromatic rings. The highest BCUT2D eigenvalue weighted by atomic mass is 16.7. The second kappa shape index (κ2) is 15.9. The molecule has 14 nitrogen and oxygen atoms in total. The van der Waals surface area contributed by atoms with Crippen LogP contribution in [0.5, 0.6) is 0 Å². The molecule has 6 aliphatic rings. The van der Waals surface area contributed by atoms with Crippen LogP contribution in [0.4, 0.5) is 0 Å². The van der Waals surface area contributed by atoms with Crippen LogP contribution in [0.25, 0.3) is 0 Å². The summed E-state index contributed by atoms with van der Waals surface area (Å²) in [6, 6.07) is 0. The van der Waals surface area contributed by atoms with Crippen molar-refractivity contribution in [3.05, 3.63) is 11.6 Å². The molecule has 0 aromatic heterocycles. The first kappa shape index (κ1) is 44.7. The number of aliphatic hydroxyl groups is 10. The first-order chi connectivity index (χ1) is 26.0. The predicted molar refractivity (Wildman–Crippen MR) is 202 cm³/mol. The molecule has 0 amide bonds. The molecule has 2 aliphatic heterocycles. The van der Waals surface area contributed by atoms with E-state index in [1.165, 1.54) is 0 Å². The normalized spacial score (nSPS) is 52.6. The average molecular weight is 801 g/mol. The molecule has 4 saturated carbocycles. The van der Waals surface area contributed by atoms with E-state index in [9.17, 15) is 51.1 Å². The molecular formula is C42H72O14. The maximum absolute atomic E-state index is 12.5. The third kappa shape index (κ3) is 7.06. The summed E-state index contributed by atoms with van der Waals surface area (Å²) in [6.45, 7) is 15.8. The summed E-state index contributed by atoms with van der Waals surface area (Å²) in [6.07, 6.45) is -9.01. The van der Waals surface area contributed by atoms with Gasteiger partial charge in [-0.2, -0.15) is 0 Å². The van der Waals surface area contributed by atoms with Gasteiger partial charge in [0.25, 0.3) is 0 Å². The molecule has 17 unspecified atom stereocenters. The summed E-state index contributed by atoms with van der Waals surface area (Å²) in [7, 11) is 0. The minimum Gasteiger partial charge on any atom is -0.394 e. The Morgan fingerprint density at radius 1 is 0.732 bits per heavy atom. The Balaban J connectivity index is 1.29. The van der Waals surface area contributed by atoms with Crippen LogP contribution in [0.1, 0.15) is 107 Å². The Bertz CT molecular complexity index is 1400. The lowest BCUT2D eigenvalue weighted by Crippen LogP contribution is -2.70. The zero-order valence-electron chi connectivity index (χ0n) is 34.6. The average Bonchev–Trinajstić information content (AvgIpc) is 3.51. The van der Waals surface area contributed by atoms with Crippen molar-refractivity contribution in [2.75, 3.05) is 13.2 Å². The Morgan fingerprint density at radius 3 is 1.88 bits per heavy atom. The van der Waals surface area contributed by atoms with Gasteiger partial charge in [0.05, 0.1) is 37.1 Å². The Morgan fingerprint density at radius 2 is 1.30 bits per heavy atom. The lowest BCUT2D eigenvalue weighted by Gasteiger charge is -2.71. The van der Waals surface area contributed by atoms with E-state index in [-0.39, 0.29) is 23.7 Å². The number of rotatable bonds is 10. The van der Waals surface area contributed by atoms with E-state index in [4.69, 9.17) is 18.9 Å². The van der Waals surface area contributed by atoms with Crippen molar-refractivity contribution in [1.82, 2.24) is 0 Å².